The first-order valence-electron chi connectivity index (χ1n) is 6.28. The van der Waals surface area contributed by atoms with E-state index in [1.807, 2.05) is 37.5 Å². The van der Waals surface area contributed by atoms with Crippen LogP contribution in [0.15, 0.2) is 42.7 Å². The van der Waals surface area contributed by atoms with E-state index < -0.39 is 0 Å². The first-order valence-corrected chi connectivity index (χ1v) is 6.28. The first kappa shape index (κ1) is 11.9. The summed E-state index contributed by atoms with van der Waals surface area (Å²) in [5.41, 5.74) is 4.24. The molecule has 1 aromatic carbocycles. The normalized spacial score (nSPS) is 14.9. The molecule has 0 bridgehead atoms. The molecule has 1 atom stereocenters. The molecule has 0 saturated carbocycles. The molecular formula is C15H15N3O. The van der Waals surface area contributed by atoms with Crippen molar-refractivity contribution in [2.75, 3.05) is 12.4 Å². The van der Waals surface area contributed by atoms with Crippen LogP contribution in [-0.2, 0) is 11.2 Å². The minimum absolute atomic E-state index is 0.0644. The molecule has 96 valence electrons. The molecule has 1 aliphatic heterocycles. The molecule has 0 spiro atoms. The van der Waals surface area contributed by atoms with Crippen LogP contribution in [0.3, 0.4) is 0 Å². The summed E-state index contributed by atoms with van der Waals surface area (Å²) in [6, 6.07) is 10.2. The molecule has 0 aliphatic carbocycles. The molecule has 0 radical (unpaired) electrons. The lowest BCUT2D eigenvalue weighted by Gasteiger charge is -2.17. The molecule has 2 heterocycles. The van der Waals surface area contributed by atoms with E-state index in [9.17, 15) is 4.79 Å². The van der Waals surface area contributed by atoms with Crippen molar-refractivity contribution in [3.63, 3.8) is 0 Å². The van der Waals surface area contributed by atoms with Crippen molar-refractivity contribution >= 4 is 11.6 Å². The highest BCUT2D eigenvalue weighted by Crippen LogP contribution is 2.28. The number of nitrogens with zero attached hydrogens (tertiary/aromatic N) is 1. The van der Waals surface area contributed by atoms with E-state index in [0.29, 0.717) is 6.42 Å². The Labute approximate surface area is 111 Å². The van der Waals surface area contributed by atoms with Crippen molar-refractivity contribution in [3.05, 3.63) is 59.4 Å². The Hall–Kier alpha value is -2.20. The summed E-state index contributed by atoms with van der Waals surface area (Å²) >= 11 is 0. The number of pyridine rings is 1. The van der Waals surface area contributed by atoms with E-state index in [0.717, 1.165) is 22.4 Å². The summed E-state index contributed by atoms with van der Waals surface area (Å²) in [5, 5.41) is 6.14. The Morgan fingerprint density at radius 1 is 1.32 bits per heavy atom. The maximum atomic E-state index is 11.4. The second-order valence-corrected chi connectivity index (χ2v) is 4.65. The number of amides is 1. The third-order valence-corrected chi connectivity index (χ3v) is 3.39. The standard InChI is InChI=1S/C15H15N3O/c1-16-15(11-3-2-6-17-9-11)10-4-5-13-12(7-10)8-14(19)18-13/h2-7,9,15-16H,8H2,1H3,(H,18,19). The lowest BCUT2D eigenvalue weighted by molar-refractivity contribution is -0.115. The Morgan fingerprint density at radius 2 is 2.21 bits per heavy atom. The van der Waals surface area contributed by atoms with E-state index in [4.69, 9.17) is 0 Å². The number of rotatable bonds is 3. The van der Waals surface area contributed by atoms with Crippen molar-refractivity contribution in [1.82, 2.24) is 10.3 Å². The Kier molecular flexibility index (Phi) is 3.01. The number of aromatic nitrogens is 1. The molecule has 2 N–H and O–H groups in total. The Balaban J connectivity index is 1.97. The number of nitrogens with one attached hydrogen (secondary N) is 2. The molecule has 1 aromatic heterocycles. The van der Waals surface area contributed by atoms with Crippen molar-refractivity contribution in [2.45, 2.75) is 12.5 Å². The lowest BCUT2D eigenvalue weighted by atomic mass is 9.97. The Bertz CT molecular complexity index is 610. The third kappa shape index (κ3) is 2.22. The largest absolute Gasteiger partial charge is 0.326 e. The second-order valence-electron chi connectivity index (χ2n) is 4.65. The lowest BCUT2D eigenvalue weighted by Crippen LogP contribution is -2.17. The summed E-state index contributed by atoms with van der Waals surface area (Å²) in [4.78, 5) is 15.5. The smallest absolute Gasteiger partial charge is 0.228 e. The number of fused-ring (bicyclic) bond motifs is 1. The van der Waals surface area contributed by atoms with Crippen LogP contribution in [0, 0.1) is 0 Å². The van der Waals surface area contributed by atoms with Crippen molar-refractivity contribution in [2.24, 2.45) is 0 Å². The van der Waals surface area contributed by atoms with Gasteiger partial charge in [0.15, 0.2) is 0 Å². The van der Waals surface area contributed by atoms with Gasteiger partial charge in [-0.3, -0.25) is 9.78 Å². The van der Waals surface area contributed by atoms with Crippen LogP contribution in [0.1, 0.15) is 22.7 Å². The van der Waals surface area contributed by atoms with Gasteiger partial charge in [-0.1, -0.05) is 18.2 Å². The number of hydrogen-bond acceptors (Lipinski definition) is 3. The zero-order valence-electron chi connectivity index (χ0n) is 10.7. The quantitative estimate of drug-likeness (QED) is 0.878. The number of hydrogen-bond donors (Lipinski definition) is 2. The molecule has 3 rings (SSSR count). The van der Waals surface area contributed by atoms with Crippen LogP contribution in [0.25, 0.3) is 0 Å². The van der Waals surface area contributed by atoms with Gasteiger partial charge in [0.1, 0.15) is 0 Å². The molecule has 0 saturated heterocycles. The van der Waals surface area contributed by atoms with Crippen LogP contribution in [-0.4, -0.2) is 17.9 Å². The molecular weight excluding hydrogens is 238 g/mol. The van der Waals surface area contributed by atoms with Crippen LogP contribution < -0.4 is 10.6 Å². The highest BCUT2D eigenvalue weighted by Gasteiger charge is 2.20. The topological polar surface area (TPSA) is 54.0 Å². The van der Waals surface area contributed by atoms with Crippen molar-refractivity contribution in [1.29, 1.82) is 0 Å². The van der Waals surface area contributed by atoms with Crippen LogP contribution in [0.4, 0.5) is 5.69 Å². The summed E-state index contributed by atoms with van der Waals surface area (Å²) in [6.45, 7) is 0. The van der Waals surface area contributed by atoms with Gasteiger partial charge in [0.25, 0.3) is 0 Å². The van der Waals surface area contributed by atoms with Crippen LogP contribution in [0.5, 0.6) is 0 Å². The van der Waals surface area contributed by atoms with E-state index in [1.165, 1.54) is 0 Å². The van der Waals surface area contributed by atoms with Crippen molar-refractivity contribution < 1.29 is 4.79 Å². The highest BCUT2D eigenvalue weighted by molar-refractivity contribution is 5.99. The van der Waals surface area contributed by atoms with E-state index >= 15 is 0 Å². The van der Waals surface area contributed by atoms with Gasteiger partial charge in [-0.2, -0.15) is 0 Å². The zero-order valence-corrected chi connectivity index (χ0v) is 10.7. The fourth-order valence-corrected chi connectivity index (χ4v) is 2.50. The fourth-order valence-electron chi connectivity index (χ4n) is 2.50. The van der Waals surface area contributed by atoms with E-state index in [2.05, 4.69) is 21.7 Å². The van der Waals surface area contributed by atoms with E-state index in [1.54, 1.807) is 6.20 Å². The average molecular weight is 253 g/mol. The monoisotopic (exact) mass is 253 g/mol. The van der Waals surface area contributed by atoms with Crippen molar-refractivity contribution in [3.8, 4) is 0 Å². The SMILES string of the molecule is CNC(c1cccnc1)c1ccc2c(c1)CC(=O)N2. The predicted octanol–water partition coefficient (Wildman–Crippen LogP) is 1.89. The van der Waals surface area contributed by atoms with Gasteiger partial charge in [0.2, 0.25) is 5.91 Å². The maximum Gasteiger partial charge on any atom is 0.228 e. The van der Waals surface area contributed by atoms with Gasteiger partial charge < -0.3 is 10.6 Å². The van der Waals surface area contributed by atoms with Gasteiger partial charge in [-0.15, -0.1) is 0 Å². The second kappa shape index (κ2) is 4.82. The number of anilines is 1. The molecule has 4 heteroatoms. The zero-order chi connectivity index (χ0) is 13.2. The van der Waals surface area contributed by atoms with Gasteiger partial charge in [-0.25, -0.2) is 0 Å². The van der Waals surface area contributed by atoms with Gasteiger partial charge in [0, 0.05) is 18.1 Å². The average Bonchev–Trinajstić information content (AvgIpc) is 2.80. The van der Waals surface area contributed by atoms with Gasteiger partial charge in [0.05, 0.1) is 12.5 Å². The summed E-state index contributed by atoms with van der Waals surface area (Å²) in [5.74, 6) is 0.0644. The molecule has 4 nitrogen and oxygen atoms in total. The first-order chi connectivity index (χ1) is 9.28. The third-order valence-electron chi connectivity index (χ3n) is 3.39. The Morgan fingerprint density at radius 3 is 2.95 bits per heavy atom. The fraction of sp³-hybridized carbons (Fsp3) is 0.200. The minimum Gasteiger partial charge on any atom is -0.326 e. The highest BCUT2D eigenvalue weighted by atomic mass is 16.1. The molecule has 19 heavy (non-hydrogen) atoms. The predicted molar refractivity (Wildman–Crippen MR) is 73.9 cm³/mol. The van der Waals surface area contributed by atoms with E-state index in [-0.39, 0.29) is 11.9 Å². The summed E-state index contributed by atoms with van der Waals surface area (Å²) < 4.78 is 0. The maximum absolute atomic E-state index is 11.4. The van der Waals surface area contributed by atoms with Crippen LogP contribution >= 0.6 is 0 Å². The summed E-state index contributed by atoms with van der Waals surface area (Å²) in [6.07, 6.45) is 4.09. The molecule has 0 fully saturated rings. The molecule has 1 aliphatic rings. The molecule has 1 unspecified atom stereocenters. The number of carbonyl (C=O) groups is 1. The minimum atomic E-state index is 0.0644. The van der Waals surface area contributed by atoms with Gasteiger partial charge >= 0.3 is 0 Å². The molecule has 1 amide bonds. The number of benzene rings is 1. The van der Waals surface area contributed by atoms with Crippen LogP contribution in [0.2, 0.25) is 0 Å². The molecule has 2 aromatic rings. The number of carbonyl (C=O) groups excluding carboxylic acids is 1. The summed E-state index contributed by atoms with van der Waals surface area (Å²) in [7, 11) is 1.92. The van der Waals surface area contributed by atoms with Gasteiger partial charge in [-0.05, 0) is 35.9 Å².